The van der Waals surface area contributed by atoms with Crippen LogP contribution < -0.4 is 9.80 Å². The molecule has 8 nitrogen and oxygen atoms in total. The fourth-order valence-corrected chi connectivity index (χ4v) is 7.18. The highest BCUT2D eigenvalue weighted by Gasteiger charge is 2.36. The fraction of sp³-hybridized carbons (Fsp3) is 0.436. The molecule has 4 heterocycles. The van der Waals surface area contributed by atoms with Crippen molar-refractivity contribution in [3.63, 3.8) is 0 Å². The molecular formula is C39H46ClN5O3. The molecule has 48 heavy (non-hydrogen) atoms. The van der Waals surface area contributed by atoms with E-state index in [0.717, 1.165) is 85.0 Å². The maximum Gasteiger partial charge on any atom is 0.337 e. The first kappa shape index (κ1) is 33.9. The number of piperidine rings is 1. The second-order valence-electron chi connectivity index (χ2n) is 14.9. The topological polar surface area (TPSA) is 91.7 Å². The first-order chi connectivity index (χ1) is 22.7. The zero-order valence-electron chi connectivity index (χ0n) is 29.1. The van der Waals surface area contributed by atoms with Crippen LogP contribution in [0.2, 0.25) is 5.02 Å². The van der Waals surface area contributed by atoms with E-state index in [1.807, 2.05) is 65.0 Å². The van der Waals surface area contributed by atoms with Gasteiger partial charge in [0.2, 0.25) is 0 Å². The lowest BCUT2D eigenvalue weighted by Crippen LogP contribution is -2.39. The number of nitrogens with zero attached hydrogens (tertiary/aromatic N) is 5. The van der Waals surface area contributed by atoms with Crippen molar-refractivity contribution in [1.82, 2.24) is 15.0 Å². The number of pyridine rings is 1. The van der Waals surface area contributed by atoms with Crippen LogP contribution in [0.3, 0.4) is 0 Å². The van der Waals surface area contributed by atoms with Crippen LogP contribution in [0.15, 0.2) is 54.9 Å². The molecule has 0 bridgehead atoms. The number of halogens is 1. The third-order valence-electron chi connectivity index (χ3n) is 9.57. The number of aliphatic carboxylic acids is 1. The van der Waals surface area contributed by atoms with Gasteiger partial charge < -0.3 is 19.6 Å². The maximum absolute atomic E-state index is 12.9. The van der Waals surface area contributed by atoms with E-state index < -0.39 is 17.7 Å². The third kappa shape index (κ3) is 7.20. The Labute approximate surface area is 289 Å². The molecule has 2 aliphatic heterocycles. The van der Waals surface area contributed by atoms with Crippen molar-refractivity contribution >= 4 is 29.1 Å². The minimum Gasteiger partial charge on any atom is -0.479 e. The van der Waals surface area contributed by atoms with E-state index in [2.05, 4.69) is 51.8 Å². The molecule has 1 saturated heterocycles. The number of hydrogen-bond donors (Lipinski definition) is 1. The number of aromatic nitrogens is 3. The number of carbonyl (C=O) groups is 1. The van der Waals surface area contributed by atoms with Gasteiger partial charge in [0, 0.05) is 65.3 Å². The van der Waals surface area contributed by atoms with E-state index >= 15 is 0 Å². The molecule has 1 N–H and O–H groups in total. The van der Waals surface area contributed by atoms with Crippen LogP contribution >= 0.6 is 11.6 Å². The lowest BCUT2D eigenvalue weighted by Gasteiger charge is -2.41. The average Bonchev–Trinajstić information content (AvgIpc) is 3.03. The predicted molar refractivity (Wildman–Crippen MR) is 193 cm³/mol. The first-order valence-electron chi connectivity index (χ1n) is 16.8. The van der Waals surface area contributed by atoms with Crippen molar-refractivity contribution in [2.24, 2.45) is 5.41 Å². The largest absolute Gasteiger partial charge is 0.479 e. The number of benzene rings is 2. The molecule has 0 radical (unpaired) electrons. The number of carboxylic acid groups (broad SMARTS) is 1. The summed E-state index contributed by atoms with van der Waals surface area (Å²) < 4.78 is 6.27. The SMILES string of the molecule is Cc1nc(C)c(C(OC(C)(C)C)C(=O)O)c(N2CCC(C)(C)CC2)c1-c1ccc2c(c1)CCN(c1cc(-c3cccc(Cl)c3)ncn1)C2. The van der Waals surface area contributed by atoms with Crippen molar-refractivity contribution < 1.29 is 14.6 Å². The van der Waals surface area contributed by atoms with Crippen molar-refractivity contribution in [2.75, 3.05) is 29.4 Å². The Kier molecular flexibility index (Phi) is 9.26. The van der Waals surface area contributed by atoms with E-state index in [-0.39, 0.29) is 5.41 Å². The van der Waals surface area contributed by atoms with E-state index in [1.54, 1.807) is 6.33 Å². The molecule has 2 aromatic carbocycles. The van der Waals surface area contributed by atoms with Crippen LogP contribution in [0.1, 0.15) is 81.6 Å². The zero-order chi connectivity index (χ0) is 34.4. The molecular weight excluding hydrogens is 622 g/mol. The van der Waals surface area contributed by atoms with Gasteiger partial charge in [-0.3, -0.25) is 4.98 Å². The Morgan fingerprint density at radius 1 is 0.938 bits per heavy atom. The molecule has 9 heteroatoms. The number of aryl methyl sites for hydroxylation is 2. The van der Waals surface area contributed by atoms with Crippen LogP contribution in [-0.4, -0.2) is 51.3 Å². The lowest BCUT2D eigenvalue weighted by molar-refractivity contribution is -0.160. The van der Waals surface area contributed by atoms with Gasteiger partial charge in [0.05, 0.1) is 17.0 Å². The summed E-state index contributed by atoms with van der Waals surface area (Å²) >= 11 is 6.25. The number of ether oxygens (including phenoxy) is 1. The number of rotatable bonds is 7. The zero-order valence-corrected chi connectivity index (χ0v) is 29.9. The smallest absolute Gasteiger partial charge is 0.337 e. The van der Waals surface area contributed by atoms with Gasteiger partial charge in [-0.05, 0) is 88.1 Å². The summed E-state index contributed by atoms with van der Waals surface area (Å²) in [6, 6.07) is 16.4. The standard InChI is InChI=1S/C39H46ClN5O3/c1-24-33(35(44-17-14-39(6,7)15-18-44)34(25(2)43-24)36(37(46)47)48-38(3,4)5)28-11-12-29-22-45(16-13-26(29)19-28)32-21-31(41-23-42-32)27-9-8-10-30(40)20-27/h8-12,19-21,23,36H,13-18,22H2,1-7H3,(H,46,47). The van der Waals surface area contributed by atoms with E-state index in [4.69, 9.17) is 21.3 Å². The Morgan fingerprint density at radius 3 is 2.38 bits per heavy atom. The van der Waals surface area contributed by atoms with Gasteiger partial charge in [0.25, 0.3) is 0 Å². The van der Waals surface area contributed by atoms with Crippen LogP contribution in [0.5, 0.6) is 0 Å². The number of anilines is 2. The van der Waals surface area contributed by atoms with Gasteiger partial charge in [-0.25, -0.2) is 14.8 Å². The summed E-state index contributed by atoms with van der Waals surface area (Å²) in [7, 11) is 0. The number of carboxylic acids is 1. The van der Waals surface area contributed by atoms with Crippen LogP contribution in [0.4, 0.5) is 11.5 Å². The molecule has 2 aliphatic rings. The van der Waals surface area contributed by atoms with E-state index in [1.165, 1.54) is 11.1 Å². The van der Waals surface area contributed by atoms with Crippen LogP contribution in [-0.2, 0) is 22.5 Å². The minimum absolute atomic E-state index is 0.234. The predicted octanol–water partition coefficient (Wildman–Crippen LogP) is 8.61. The van der Waals surface area contributed by atoms with Crippen molar-refractivity contribution in [3.05, 3.63) is 88.0 Å². The number of fused-ring (bicyclic) bond motifs is 1. The molecule has 6 rings (SSSR count). The van der Waals surface area contributed by atoms with Crippen molar-refractivity contribution in [2.45, 2.75) is 86.0 Å². The van der Waals surface area contributed by atoms with Gasteiger partial charge in [0.1, 0.15) is 12.1 Å². The molecule has 1 fully saturated rings. The molecule has 0 aliphatic carbocycles. The highest BCUT2D eigenvalue weighted by molar-refractivity contribution is 6.30. The molecule has 4 aromatic rings. The molecule has 1 unspecified atom stereocenters. The summed E-state index contributed by atoms with van der Waals surface area (Å²) in [5.41, 5.74) is 9.13. The third-order valence-corrected chi connectivity index (χ3v) is 9.81. The van der Waals surface area contributed by atoms with Gasteiger partial charge in [0.15, 0.2) is 6.10 Å². The second kappa shape index (κ2) is 13.1. The van der Waals surface area contributed by atoms with Crippen molar-refractivity contribution in [1.29, 1.82) is 0 Å². The Morgan fingerprint density at radius 2 is 1.69 bits per heavy atom. The molecule has 252 valence electrons. The van der Waals surface area contributed by atoms with Gasteiger partial charge >= 0.3 is 5.97 Å². The average molecular weight is 668 g/mol. The molecule has 0 saturated carbocycles. The molecule has 0 amide bonds. The summed E-state index contributed by atoms with van der Waals surface area (Å²) in [6.45, 7) is 17.5. The maximum atomic E-state index is 12.9. The van der Waals surface area contributed by atoms with Crippen LogP contribution in [0, 0.1) is 19.3 Å². The Bertz CT molecular complexity index is 1840. The van der Waals surface area contributed by atoms with Gasteiger partial charge in [-0.15, -0.1) is 0 Å². The highest BCUT2D eigenvalue weighted by atomic mass is 35.5. The van der Waals surface area contributed by atoms with E-state index in [0.29, 0.717) is 16.3 Å². The summed E-state index contributed by atoms with van der Waals surface area (Å²) in [4.78, 5) is 31.6. The van der Waals surface area contributed by atoms with Gasteiger partial charge in [-0.1, -0.05) is 55.8 Å². The summed E-state index contributed by atoms with van der Waals surface area (Å²) in [5, 5.41) is 11.2. The lowest BCUT2D eigenvalue weighted by atomic mass is 9.81. The summed E-state index contributed by atoms with van der Waals surface area (Å²) in [6.07, 6.45) is 3.37. The Balaban J connectivity index is 1.39. The van der Waals surface area contributed by atoms with Gasteiger partial charge in [-0.2, -0.15) is 0 Å². The minimum atomic E-state index is -1.14. The molecule has 2 aromatic heterocycles. The van der Waals surface area contributed by atoms with Crippen LogP contribution in [0.25, 0.3) is 22.4 Å². The van der Waals surface area contributed by atoms with E-state index in [9.17, 15) is 9.90 Å². The fourth-order valence-electron chi connectivity index (χ4n) is 6.98. The highest BCUT2D eigenvalue weighted by Crippen LogP contribution is 2.45. The molecule has 1 atom stereocenters. The Hall–Kier alpha value is -4.01. The normalized spacial score (nSPS) is 16.8. The first-order valence-corrected chi connectivity index (χ1v) is 17.2. The number of hydrogen-bond acceptors (Lipinski definition) is 7. The monoisotopic (exact) mass is 667 g/mol. The quantitative estimate of drug-likeness (QED) is 0.210. The molecule has 0 spiro atoms. The summed E-state index contributed by atoms with van der Waals surface area (Å²) in [5.74, 6) is -0.121. The second-order valence-corrected chi connectivity index (χ2v) is 15.4. The van der Waals surface area contributed by atoms with Crippen molar-refractivity contribution in [3.8, 4) is 22.4 Å².